The number of halogens is 2. The first-order valence-corrected chi connectivity index (χ1v) is 8.06. The van der Waals surface area contributed by atoms with Crippen LogP contribution >= 0.6 is 0 Å². The molecule has 0 saturated heterocycles. The number of likely N-dealkylation sites (N-methyl/N-ethyl adjacent to an activating group) is 1. The summed E-state index contributed by atoms with van der Waals surface area (Å²) in [5.41, 5.74) is 2.12. The molecule has 26 heavy (non-hydrogen) atoms. The van der Waals surface area contributed by atoms with Crippen LogP contribution in [0.1, 0.15) is 11.1 Å². The van der Waals surface area contributed by atoms with Gasteiger partial charge in [-0.25, -0.2) is 8.78 Å². The van der Waals surface area contributed by atoms with Crippen LogP contribution in [-0.4, -0.2) is 36.9 Å². The maximum Gasteiger partial charge on any atom is 0.238 e. The number of hydrogen-bond acceptors (Lipinski definition) is 3. The average Bonchev–Trinajstić information content (AvgIpc) is 2.54. The van der Waals surface area contributed by atoms with E-state index >= 15 is 0 Å². The molecule has 0 aliphatic rings. The molecule has 138 valence electrons. The van der Waals surface area contributed by atoms with Crippen molar-refractivity contribution in [2.75, 3.05) is 30.8 Å². The minimum atomic E-state index is -0.853. The van der Waals surface area contributed by atoms with Crippen molar-refractivity contribution in [1.29, 1.82) is 0 Å². The van der Waals surface area contributed by atoms with Crippen LogP contribution < -0.4 is 10.6 Å². The summed E-state index contributed by atoms with van der Waals surface area (Å²) in [6, 6.07) is 9.01. The summed E-state index contributed by atoms with van der Waals surface area (Å²) in [5.74, 6) is -2.60. The lowest BCUT2D eigenvalue weighted by Crippen LogP contribution is -2.36. The van der Waals surface area contributed by atoms with E-state index < -0.39 is 23.2 Å². The van der Waals surface area contributed by atoms with Crippen molar-refractivity contribution in [2.45, 2.75) is 13.8 Å². The third kappa shape index (κ3) is 5.10. The number of carbonyl (C=O) groups excluding carboxylic acids is 2. The normalized spacial score (nSPS) is 10.7. The molecule has 0 saturated carbocycles. The van der Waals surface area contributed by atoms with Gasteiger partial charge in [0.1, 0.15) is 17.3 Å². The van der Waals surface area contributed by atoms with Crippen LogP contribution in [0.25, 0.3) is 0 Å². The van der Waals surface area contributed by atoms with E-state index in [2.05, 4.69) is 10.6 Å². The second-order valence-electron chi connectivity index (χ2n) is 6.13. The van der Waals surface area contributed by atoms with Gasteiger partial charge in [0.2, 0.25) is 11.8 Å². The molecule has 2 N–H and O–H groups in total. The number of anilines is 2. The predicted molar refractivity (Wildman–Crippen MR) is 97.0 cm³/mol. The van der Waals surface area contributed by atoms with Gasteiger partial charge >= 0.3 is 0 Å². The molecular formula is C19H21F2N3O2. The SMILES string of the molecule is Cc1cccc(C)c1NC(=O)CN(C)CC(=O)Nc1c(F)cccc1F. The lowest BCUT2D eigenvalue weighted by Gasteiger charge is -2.17. The van der Waals surface area contributed by atoms with Gasteiger partial charge in [-0.1, -0.05) is 24.3 Å². The molecular weight excluding hydrogens is 340 g/mol. The Labute approximate surface area is 151 Å². The zero-order valence-electron chi connectivity index (χ0n) is 14.9. The fourth-order valence-electron chi connectivity index (χ4n) is 2.53. The quantitative estimate of drug-likeness (QED) is 0.831. The van der Waals surface area contributed by atoms with Gasteiger partial charge in [0, 0.05) is 5.69 Å². The number of benzene rings is 2. The zero-order valence-corrected chi connectivity index (χ0v) is 14.9. The molecule has 2 rings (SSSR count). The van der Waals surface area contributed by atoms with Crippen molar-refractivity contribution < 1.29 is 18.4 Å². The number of nitrogens with one attached hydrogen (secondary N) is 2. The first kappa shape index (κ1) is 19.5. The van der Waals surface area contributed by atoms with E-state index in [1.54, 1.807) is 7.05 Å². The van der Waals surface area contributed by atoms with Gasteiger partial charge in [-0.2, -0.15) is 0 Å². The lowest BCUT2D eigenvalue weighted by molar-refractivity contribution is -0.119. The van der Waals surface area contributed by atoms with Crippen molar-refractivity contribution in [1.82, 2.24) is 4.90 Å². The van der Waals surface area contributed by atoms with Crippen LogP contribution in [0.5, 0.6) is 0 Å². The molecule has 0 aromatic heterocycles. The van der Waals surface area contributed by atoms with E-state index in [1.807, 2.05) is 32.0 Å². The highest BCUT2D eigenvalue weighted by molar-refractivity contribution is 5.95. The van der Waals surface area contributed by atoms with Gasteiger partial charge < -0.3 is 10.6 Å². The fraction of sp³-hybridized carbons (Fsp3) is 0.263. The molecule has 2 aromatic carbocycles. The molecule has 0 heterocycles. The number of nitrogens with zero attached hydrogens (tertiary/aromatic N) is 1. The zero-order chi connectivity index (χ0) is 19.3. The second-order valence-corrected chi connectivity index (χ2v) is 6.13. The molecule has 0 spiro atoms. The van der Waals surface area contributed by atoms with Crippen LogP contribution in [0, 0.1) is 25.5 Å². The van der Waals surface area contributed by atoms with Crippen LogP contribution in [0.15, 0.2) is 36.4 Å². The molecule has 2 aromatic rings. The van der Waals surface area contributed by atoms with Crippen molar-refractivity contribution in [3.8, 4) is 0 Å². The summed E-state index contributed by atoms with van der Waals surface area (Å²) in [5, 5.41) is 5.01. The maximum atomic E-state index is 13.5. The minimum absolute atomic E-state index is 0.0407. The van der Waals surface area contributed by atoms with Crippen molar-refractivity contribution >= 4 is 23.2 Å². The Kier molecular flexibility index (Phi) is 6.41. The van der Waals surface area contributed by atoms with Gasteiger partial charge in [0.25, 0.3) is 0 Å². The Morgan fingerprint density at radius 1 is 0.846 bits per heavy atom. The summed E-state index contributed by atoms with van der Waals surface area (Å²) in [6.07, 6.45) is 0. The summed E-state index contributed by atoms with van der Waals surface area (Å²) in [6.45, 7) is 3.56. The van der Waals surface area contributed by atoms with E-state index in [0.717, 1.165) is 28.9 Å². The van der Waals surface area contributed by atoms with Crippen molar-refractivity contribution in [3.05, 3.63) is 59.2 Å². The summed E-state index contributed by atoms with van der Waals surface area (Å²) in [7, 11) is 1.57. The topological polar surface area (TPSA) is 61.4 Å². The second kappa shape index (κ2) is 8.53. The van der Waals surface area contributed by atoms with E-state index in [0.29, 0.717) is 0 Å². The third-order valence-corrected chi connectivity index (χ3v) is 3.80. The Bertz CT molecular complexity index is 716. The van der Waals surface area contributed by atoms with E-state index in [4.69, 9.17) is 0 Å². The minimum Gasteiger partial charge on any atom is -0.324 e. The first-order valence-electron chi connectivity index (χ1n) is 8.06. The van der Waals surface area contributed by atoms with Crippen LogP contribution in [0.3, 0.4) is 0 Å². The Balaban J connectivity index is 1.90. The number of amides is 2. The highest BCUT2D eigenvalue weighted by Gasteiger charge is 2.15. The monoisotopic (exact) mass is 361 g/mol. The highest BCUT2D eigenvalue weighted by atomic mass is 19.1. The standard InChI is InChI=1S/C19H21F2N3O2/c1-12-6-4-7-13(2)18(12)22-16(25)10-24(3)11-17(26)23-19-14(20)8-5-9-15(19)21/h4-9H,10-11H2,1-3H3,(H,22,25)(H,23,26). The summed E-state index contributed by atoms with van der Waals surface area (Å²) in [4.78, 5) is 25.6. The molecule has 0 bridgehead atoms. The number of rotatable bonds is 6. The van der Waals surface area contributed by atoms with Crippen LogP contribution in [0.2, 0.25) is 0 Å². The van der Waals surface area contributed by atoms with Crippen molar-refractivity contribution in [3.63, 3.8) is 0 Å². The van der Waals surface area contributed by atoms with Crippen molar-refractivity contribution in [2.24, 2.45) is 0 Å². The Morgan fingerprint density at radius 3 is 1.77 bits per heavy atom. The van der Waals surface area contributed by atoms with Gasteiger partial charge in [-0.05, 0) is 44.2 Å². The average molecular weight is 361 g/mol. The van der Waals surface area contributed by atoms with Gasteiger partial charge in [0.15, 0.2) is 0 Å². The van der Waals surface area contributed by atoms with Gasteiger partial charge in [-0.3, -0.25) is 14.5 Å². The molecule has 7 heteroatoms. The number of hydrogen-bond donors (Lipinski definition) is 2. The van der Waals surface area contributed by atoms with Crippen LogP contribution in [-0.2, 0) is 9.59 Å². The summed E-state index contributed by atoms with van der Waals surface area (Å²) >= 11 is 0. The number of carbonyl (C=O) groups is 2. The smallest absolute Gasteiger partial charge is 0.238 e. The maximum absolute atomic E-state index is 13.5. The number of aryl methyl sites for hydroxylation is 2. The molecule has 0 aliphatic heterocycles. The molecule has 0 unspecified atom stereocenters. The molecule has 0 radical (unpaired) electrons. The third-order valence-electron chi connectivity index (χ3n) is 3.80. The Hall–Kier alpha value is -2.80. The number of para-hydroxylation sites is 2. The fourth-order valence-corrected chi connectivity index (χ4v) is 2.53. The van der Waals surface area contributed by atoms with Gasteiger partial charge in [0.05, 0.1) is 13.1 Å². The largest absolute Gasteiger partial charge is 0.324 e. The first-order chi connectivity index (χ1) is 12.3. The van der Waals surface area contributed by atoms with E-state index in [9.17, 15) is 18.4 Å². The molecule has 5 nitrogen and oxygen atoms in total. The van der Waals surface area contributed by atoms with E-state index in [1.165, 1.54) is 11.0 Å². The van der Waals surface area contributed by atoms with E-state index in [-0.39, 0.29) is 19.0 Å². The predicted octanol–water partition coefficient (Wildman–Crippen LogP) is 3.09. The summed E-state index contributed by atoms with van der Waals surface area (Å²) < 4.78 is 27.1. The molecule has 0 fully saturated rings. The molecule has 0 atom stereocenters. The highest BCUT2D eigenvalue weighted by Crippen LogP contribution is 2.19. The van der Waals surface area contributed by atoms with Crippen LogP contribution in [0.4, 0.5) is 20.2 Å². The Morgan fingerprint density at radius 2 is 1.27 bits per heavy atom. The lowest BCUT2D eigenvalue weighted by atomic mass is 10.1. The molecule has 2 amide bonds. The van der Waals surface area contributed by atoms with Gasteiger partial charge in [-0.15, -0.1) is 0 Å². The molecule has 0 aliphatic carbocycles.